The van der Waals surface area contributed by atoms with Crippen LogP contribution >= 0.6 is 11.8 Å². The largest absolute Gasteiger partial charge is 0.313 e. The molecule has 1 unspecified atom stereocenters. The van der Waals surface area contributed by atoms with Crippen LogP contribution in [0.1, 0.15) is 27.2 Å². The molecule has 1 rings (SSSR count). The molecule has 0 saturated carbocycles. The summed E-state index contributed by atoms with van der Waals surface area (Å²) < 4.78 is 0. The van der Waals surface area contributed by atoms with E-state index in [0.29, 0.717) is 5.96 Å². The van der Waals surface area contributed by atoms with Gasteiger partial charge in [-0.2, -0.15) is 0 Å². The van der Waals surface area contributed by atoms with E-state index in [1.807, 2.05) is 20.1 Å². The lowest BCUT2D eigenvalue weighted by Crippen LogP contribution is -2.55. The number of thioether (sulfide) groups is 1. The highest BCUT2D eigenvalue weighted by Gasteiger charge is 2.23. The second-order valence-corrected chi connectivity index (χ2v) is 4.46. The van der Waals surface area contributed by atoms with Gasteiger partial charge in [0.1, 0.15) is 5.84 Å². The third-order valence-electron chi connectivity index (χ3n) is 1.93. The molecule has 0 saturated heterocycles. The molecule has 0 aliphatic carbocycles. The third kappa shape index (κ3) is 3.10. The van der Waals surface area contributed by atoms with E-state index in [-0.39, 0.29) is 11.5 Å². The van der Waals surface area contributed by atoms with Gasteiger partial charge in [0.15, 0.2) is 5.50 Å². The number of nitrogens with one attached hydrogen (secondary N) is 1. The normalized spacial score (nSPS) is 24.4. The molecule has 86 valence electrons. The fraction of sp³-hybridized carbons (Fsp3) is 0.778. The summed E-state index contributed by atoms with van der Waals surface area (Å²) in [6.45, 7) is 6.10. The number of nitrogens with two attached hydrogens (primary N) is 1. The minimum Gasteiger partial charge on any atom is -0.313 e. The maximum atomic E-state index is 5.91. The summed E-state index contributed by atoms with van der Waals surface area (Å²) in [5, 5.41) is 4.71. The van der Waals surface area contributed by atoms with Crippen LogP contribution < -0.4 is 11.2 Å². The summed E-state index contributed by atoms with van der Waals surface area (Å²) in [4.78, 5) is 8.87. The molecule has 3 N–H and O–H groups in total. The molecule has 5 nitrogen and oxygen atoms in total. The molecule has 1 heterocycles. The van der Waals surface area contributed by atoms with Crippen molar-refractivity contribution in [2.24, 2.45) is 15.8 Å². The van der Waals surface area contributed by atoms with E-state index >= 15 is 0 Å². The van der Waals surface area contributed by atoms with E-state index in [2.05, 4.69) is 22.2 Å². The van der Waals surface area contributed by atoms with Gasteiger partial charge in [0, 0.05) is 12.5 Å². The summed E-state index contributed by atoms with van der Waals surface area (Å²) in [6, 6.07) is 0.220. The highest BCUT2D eigenvalue weighted by molar-refractivity contribution is 7.99. The summed E-state index contributed by atoms with van der Waals surface area (Å²) in [5.41, 5.74) is -0.0706. The number of rotatable bonds is 3. The van der Waals surface area contributed by atoms with Crippen LogP contribution in [-0.4, -0.2) is 34.6 Å². The van der Waals surface area contributed by atoms with Crippen LogP contribution in [0.25, 0.3) is 0 Å². The number of aliphatic imine (C=N–C) groups is 2. The van der Waals surface area contributed by atoms with Gasteiger partial charge in [-0.05, 0) is 20.1 Å². The molecule has 0 radical (unpaired) electrons. The van der Waals surface area contributed by atoms with Gasteiger partial charge >= 0.3 is 0 Å². The lowest BCUT2D eigenvalue weighted by atomic mass is 10.4. The summed E-state index contributed by atoms with van der Waals surface area (Å²) in [5.74, 6) is 7.56. The first-order chi connectivity index (χ1) is 7.08. The summed E-state index contributed by atoms with van der Waals surface area (Å²) in [6.07, 6.45) is 2.85. The molecule has 1 aliphatic heterocycles. The summed E-state index contributed by atoms with van der Waals surface area (Å²) in [7, 11) is 0. The third-order valence-corrected chi connectivity index (χ3v) is 2.69. The van der Waals surface area contributed by atoms with Crippen LogP contribution in [0.5, 0.6) is 0 Å². The van der Waals surface area contributed by atoms with Crippen molar-refractivity contribution in [1.29, 1.82) is 0 Å². The molecule has 0 aromatic heterocycles. The first kappa shape index (κ1) is 12.3. The Morgan fingerprint density at radius 3 is 2.80 bits per heavy atom. The Morgan fingerprint density at radius 1 is 1.67 bits per heavy atom. The molecular weight excluding hydrogens is 210 g/mol. The topological polar surface area (TPSA) is 66.0 Å². The lowest BCUT2D eigenvalue weighted by molar-refractivity contribution is 0.398. The average Bonchev–Trinajstić information content (AvgIpc) is 2.20. The Balaban J connectivity index is 2.89. The van der Waals surface area contributed by atoms with Gasteiger partial charge in [0.25, 0.3) is 0 Å². The standard InChI is InChI=1S/C9H19N5S/c1-5-7-12-8(11-6(2)3)14(10)9(13-7)15-4/h6,9H,5,10H2,1-4H3,(H,11,12,13). The van der Waals surface area contributed by atoms with Gasteiger partial charge in [0.05, 0.1) is 0 Å². The second-order valence-electron chi connectivity index (χ2n) is 3.57. The minimum absolute atomic E-state index is 0.0706. The van der Waals surface area contributed by atoms with Gasteiger partial charge in [-0.3, -0.25) is 0 Å². The van der Waals surface area contributed by atoms with Crippen molar-refractivity contribution in [3.8, 4) is 0 Å². The van der Waals surface area contributed by atoms with Crippen LogP contribution in [0.3, 0.4) is 0 Å². The SMILES string of the molecule is CCC1=NC(SC)N(N)C(=NC(C)C)N1. The molecule has 1 atom stereocenters. The van der Waals surface area contributed by atoms with E-state index in [1.165, 1.54) is 0 Å². The minimum atomic E-state index is -0.0706. The van der Waals surface area contributed by atoms with Crippen LogP contribution in [0.4, 0.5) is 0 Å². The van der Waals surface area contributed by atoms with Crippen molar-refractivity contribution in [1.82, 2.24) is 10.3 Å². The van der Waals surface area contributed by atoms with Crippen molar-refractivity contribution in [3.05, 3.63) is 0 Å². The van der Waals surface area contributed by atoms with Crippen molar-refractivity contribution < 1.29 is 0 Å². The molecule has 0 aromatic rings. The van der Waals surface area contributed by atoms with Gasteiger partial charge in [-0.1, -0.05) is 6.92 Å². The quantitative estimate of drug-likeness (QED) is 0.708. The van der Waals surface area contributed by atoms with Crippen molar-refractivity contribution in [3.63, 3.8) is 0 Å². The number of amidine groups is 1. The number of nitrogens with zero attached hydrogens (tertiary/aromatic N) is 3. The van der Waals surface area contributed by atoms with Crippen LogP contribution in [0.2, 0.25) is 0 Å². The first-order valence-corrected chi connectivity index (χ1v) is 6.35. The molecule has 0 bridgehead atoms. The fourth-order valence-corrected chi connectivity index (χ4v) is 1.78. The zero-order valence-corrected chi connectivity index (χ0v) is 10.5. The monoisotopic (exact) mass is 229 g/mol. The van der Waals surface area contributed by atoms with Crippen LogP contribution in [0, 0.1) is 0 Å². The molecule has 1 aliphatic rings. The molecule has 0 aromatic carbocycles. The van der Waals surface area contributed by atoms with E-state index in [4.69, 9.17) is 5.84 Å². The van der Waals surface area contributed by atoms with Crippen LogP contribution in [0.15, 0.2) is 9.98 Å². The Kier molecular flexibility index (Phi) is 4.41. The van der Waals surface area contributed by atoms with Crippen LogP contribution in [-0.2, 0) is 0 Å². The van der Waals surface area contributed by atoms with Crippen molar-refractivity contribution in [2.75, 3.05) is 6.26 Å². The predicted octanol–water partition coefficient (Wildman–Crippen LogP) is 0.985. The van der Waals surface area contributed by atoms with Gasteiger partial charge in [-0.15, -0.1) is 11.8 Å². The summed E-state index contributed by atoms with van der Waals surface area (Å²) >= 11 is 1.60. The lowest BCUT2D eigenvalue weighted by Gasteiger charge is -2.32. The molecule has 15 heavy (non-hydrogen) atoms. The highest BCUT2D eigenvalue weighted by Crippen LogP contribution is 2.15. The second kappa shape index (κ2) is 5.37. The number of hydrogen-bond acceptors (Lipinski definition) is 4. The van der Waals surface area contributed by atoms with Crippen molar-refractivity contribution in [2.45, 2.75) is 38.7 Å². The number of guanidine groups is 1. The zero-order valence-electron chi connectivity index (χ0n) is 9.69. The molecule has 0 spiro atoms. The number of hydrazine groups is 1. The number of hydrogen-bond donors (Lipinski definition) is 2. The van der Waals surface area contributed by atoms with E-state index in [1.54, 1.807) is 16.8 Å². The Labute approximate surface area is 95.2 Å². The predicted molar refractivity (Wildman–Crippen MR) is 66.8 cm³/mol. The van der Waals surface area contributed by atoms with E-state index in [0.717, 1.165) is 12.3 Å². The Bertz CT molecular complexity index is 274. The van der Waals surface area contributed by atoms with E-state index in [9.17, 15) is 0 Å². The van der Waals surface area contributed by atoms with Gasteiger partial charge in [0.2, 0.25) is 5.96 Å². The maximum Gasteiger partial charge on any atom is 0.216 e. The fourth-order valence-electron chi connectivity index (χ4n) is 1.22. The molecule has 6 heteroatoms. The van der Waals surface area contributed by atoms with Crippen molar-refractivity contribution >= 4 is 23.6 Å². The Hall–Kier alpha value is -0.750. The van der Waals surface area contributed by atoms with Gasteiger partial charge < -0.3 is 5.32 Å². The first-order valence-electron chi connectivity index (χ1n) is 5.06. The zero-order chi connectivity index (χ0) is 11.4. The van der Waals surface area contributed by atoms with E-state index < -0.39 is 0 Å². The van der Waals surface area contributed by atoms with Gasteiger partial charge in [-0.25, -0.2) is 20.8 Å². The molecular formula is C9H19N5S. The maximum absolute atomic E-state index is 5.91. The Morgan fingerprint density at radius 2 is 2.33 bits per heavy atom. The average molecular weight is 229 g/mol. The molecule has 0 amide bonds. The smallest absolute Gasteiger partial charge is 0.216 e. The molecule has 0 fully saturated rings. The highest BCUT2D eigenvalue weighted by atomic mass is 32.2.